The van der Waals surface area contributed by atoms with Crippen LogP contribution in [0.15, 0.2) is 24.3 Å². The molecule has 0 aliphatic carbocycles. The summed E-state index contributed by atoms with van der Waals surface area (Å²) in [4.78, 5) is 24.6. The van der Waals surface area contributed by atoms with Gasteiger partial charge in [-0.3, -0.25) is 9.59 Å². The predicted octanol–water partition coefficient (Wildman–Crippen LogP) is 1.06. The first kappa shape index (κ1) is 16.7. The zero-order valence-corrected chi connectivity index (χ0v) is 12.3. The molecule has 5 heteroatoms. The quantitative estimate of drug-likeness (QED) is 0.650. The number of methoxy groups -OCH3 is 1. The summed E-state index contributed by atoms with van der Waals surface area (Å²) < 4.78 is 4.54. The molecule has 0 heterocycles. The molecule has 1 rings (SSSR count). The number of aliphatic hydroxyl groups excluding tert-OH is 1. The maximum absolute atomic E-state index is 12.1. The highest BCUT2D eigenvalue weighted by Gasteiger charge is 2.12. The largest absolute Gasteiger partial charge is 0.469 e. The maximum Gasteiger partial charge on any atom is 0.307 e. The zero-order chi connectivity index (χ0) is 15.7. The van der Waals surface area contributed by atoms with Gasteiger partial charge in [0.25, 0.3) is 5.91 Å². The Morgan fingerprint density at radius 3 is 2.52 bits per heavy atom. The van der Waals surface area contributed by atoms with Crippen molar-refractivity contribution in [3.05, 3.63) is 35.4 Å². The molecule has 0 aliphatic rings. The summed E-state index contributed by atoms with van der Waals surface area (Å²) in [6.07, 6.45) is 0.598. The monoisotopic (exact) mass is 289 g/mol. The molecule has 0 aliphatic heterocycles. The average molecular weight is 289 g/mol. The fourth-order valence-electron chi connectivity index (χ4n) is 1.60. The summed E-state index contributed by atoms with van der Waals surface area (Å²) in [5.74, 6) is 5.21. The van der Waals surface area contributed by atoms with Crippen molar-refractivity contribution < 1.29 is 19.4 Å². The van der Waals surface area contributed by atoms with Crippen molar-refractivity contribution in [2.45, 2.75) is 12.8 Å². The van der Waals surface area contributed by atoms with E-state index in [4.69, 9.17) is 5.11 Å². The van der Waals surface area contributed by atoms with Crippen LogP contribution in [0.4, 0.5) is 0 Å². The van der Waals surface area contributed by atoms with E-state index in [1.807, 2.05) is 0 Å². The predicted molar refractivity (Wildman–Crippen MR) is 78.6 cm³/mol. The summed E-state index contributed by atoms with van der Waals surface area (Å²) in [7, 11) is 2.96. The molecule has 112 valence electrons. The summed E-state index contributed by atoms with van der Waals surface area (Å²) in [6.45, 7) is 0.345. The molecule has 1 N–H and O–H groups in total. The van der Waals surface area contributed by atoms with Crippen LogP contribution in [0.1, 0.15) is 28.8 Å². The van der Waals surface area contributed by atoms with Gasteiger partial charge in [-0.2, -0.15) is 0 Å². The van der Waals surface area contributed by atoms with E-state index in [-0.39, 0.29) is 24.9 Å². The lowest BCUT2D eigenvalue weighted by atomic mass is 10.1. The Morgan fingerprint density at radius 1 is 1.29 bits per heavy atom. The normalized spacial score (nSPS) is 9.48. The van der Waals surface area contributed by atoms with E-state index >= 15 is 0 Å². The Morgan fingerprint density at radius 2 is 1.95 bits per heavy atom. The van der Waals surface area contributed by atoms with Gasteiger partial charge in [0.05, 0.1) is 20.1 Å². The number of amides is 1. The molecule has 0 fully saturated rings. The standard InChI is InChI=1S/C16H19NO4/c1-17(11-10-15(19)21-2)16(20)14-8-6-13(7-9-14)5-3-4-12-18/h6-9,18H,4,10-12H2,1-2H3. The number of hydrogen-bond donors (Lipinski definition) is 1. The van der Waals surface area contributed by atoms with Gasteiger partial charge < -0.3 is 14.7 Å². The van der Waals surface area contributed by atoms with Crippen molar-refractivity contribution in [2.24, 2.45) is 0 Å². The highest BCUT2D eigenvalue weighted by Crippen LogP contribution is 2.07. The number of esters is 1. The van der Waals surface area contributed by atoms with Crippen molar-refractivity contribution in [3.63, 3.8) is 0 Å². The second-order valence-electron chi connectivity index (χ2n) is 4.41. The van der Waals surface area contributed by atoms with E-state index in [1.165, 1.54) is 12.0 Å². The number of benzene rings is 1. The van der Waals surface area contributed by atoms with Crippen LogP contribution < -0.4 is 0 Å². The highest BCUT2D eigenvalue weighted by atomic mass is 16.5. The fraction of sp³-hybridized carbons (Fsp3) is 0.375. The second kappa shape index (κ2) is 8.77. The third-order valence-electron chi connectivity index (χ3n) is 2.83. The number of nitrogens with zero attached hydrogens (tertiary/aromatic N) is 1. The van der Waals surface area contributed by atoms with Crippen LogP contribution in [0.25, 0.3) is 0 Å². The molecule has 1 aromatic carbocycles. The van der Waals surface area contributed by atoms with Gasteiger partial charge in [0.15, 0.2) is 0 Å². The van der Waals surface area contributed by atoms with Gasteiger partial charge >= 0.3 is 5.97 Å². The lowest BCUT2D eigenvalue weighted by molar-refractivity contribution is -0.140. The van der Waals surface area contributed by atoms with Crippen LogP contribution in [0.2, 0.25) is 0 Å². The van der Waals surface area contributed by atoms with E-state index in [2.05, 4.69) is 16.6 Å². The van der Waals surface area contributed by atoms with Crippen molar-refractivity contribution in [3.8, 4) is 11.8 Å². The Bertz CT molecular complexity index is 540. The van der Waals surface area contributed by atoms with Gasteiger partial charge in [0, 0.05) is 31.1 Å². The van der Waals surface area contributed by atoms with Gasteiger partial charge in [0.1, 0.15) is 0 Å². The number of carbonyl (C=O) groups excluding carboxylic acids is 2. The van der Waals surface area contributed by atoms with Crippen LogP contribution in [-0.4, -0.2) is 49.2 Å². The molecule has 0 atom stereocenters. The van der Waals surface area contributed by atoms with E-state index in [9.17, 15) is 9.59 Å². The van der Waals surface area contributed by atoms with E-state index < -0.39 is 0 Å². The lowest BCUT2D eigenvalue weighted by Crippen LogP contribution is -2.29. The highest BCUT2D eigenvalue weighted by molar-refractivity contribution is 5.94. The van der Waals surface area contributed by atoms with E-state index in [0.717, 1.165) is 5.56 Å². The molecule has 1 amide bonds. The van der Waals surface area contributed by atoms with Crippen LogP contribution >= 0.6 is 0 Å². The first-order chi connectivity index (χ1) is 10.1. The molecule has 5 nitrogen and oxygen atoms in total. The fourth-order valence-corrected chi connectivity index (χ4v) is 1.60. The molecule has 0 aromatic heterocycles. The molecule has 0 saturated heterocycles. The zero-order valence-electron chi connectivity index (χ0n) is 12.3. The van der Waals surface area contributed by atoms with E-state index in [1.54, 1.807) is 31.3 Å². The lowest BCUT2D eigenvalue weighted by Gasteiger charge is -2.16. The molecular formula is C16H19NO4. The van der Waals surface area contributed by atoms with Gasteiger partial charge in [-0.25, -0.2) is 0 Å². The Hall–Kier alpha value is -2.32. The molecule has 0 unspecified atom stereocenters. The summed E-state index contributed by atoms with van der Waals surface area (Å²) >= 11 is 0. The minimum atomic E-state index is -0.343. The third kappa shape index (κ3) is 5.67. The van der Waals surface area contributed by atoms with Crippen molar-refractivity contribution in [2.75, 3.05) is 27.3 Å². The van der Waals surface area contributed by atoms with Gasteiger partial charge in [-0.15, -0.1) is 0 Å². The maximum atomic E-state index is 12.1. The molecule has 21 heavy (non-hydrogen) atoms. The van der Waals surface area contributed by atoms with Crippen LogP contribution in [0, 0.1) is 11.8 Å². The van der Waals surface area contributed by atoms with Gasteiger partial charge in [-0.05, 0) is 24.3 Å². The molecule has 0 radical (unpaired) electrons. The topological polar surface area (TPSA) is 66.8 Å². The van der Waals surface area contributed by atoms with E-state index in [0.29, 0.717) is 18.5 Å². The average Bonchev–Trinajstić information content (AvgIpc) is 2.52. The minimum Gasteiger partial charge on any atom is -0.469 e. The summed E-state index contributed by atoms with van der Waals surface area (Å²) in [5, 5.41) is 8.64. The van der Waals surface area contributed by atoms with Crippen molar-refractivity contribution in [1.29, 1.82) is 0 Å². The SMILES string of the molecule is COC(=O)CCN(C)C(=O)c1ccc(C#CCCO)cc1. The summed E-state index contributed by atoms with van der Waals surface area (Å²) in [6, 6.07) is 6.90. The van der Waals surface area contributed by atoms with Crippen LogP contribution in [-0.2, 0) is 9.53 Å². The van der Waals surface area contributed by atoms with Gasteiger partial charge in [0.2, 0.25) is 0 Å². The smallest absolute Gasteiger partial charge is 0.307 e. The van der Waals surface area contributed by atoms with Crippen LogP contribution in [0.3, 0.4) is 0 Å². The molecule has 0 saturated carbocycles. The minimum absolute atomic E-state index is 0.0363. The van der Waals surface area contributed by atoms with Crippen molar-refractivity contribution >= 4 is 11.9 Å². The number of hydrogen-bond acceptors (Lipinski definition) is 4. The Balaban J connectivity index is 2.62. The molecule has 1 aromatic rings. The number of aliphatic hydroxyl groups is 1. The second-order valence-corrected chi connectivity index (χ2v) is 4.41. The van der Waals surface area contributed by atoms with Crippen molar-refractivity contribution in [1.82, 2.24) is 4.90 Å². The number of rotatable bonds is 5. The molecule has 0 bridgehead atoms. The first-order valence-electron chi connectivity index (χ1n) is 6.60. The molecular weight excluding hydrogens is 270 g/mol. The Kier molecular flexibility index (Phi) is 6.99. The first-order valence-corrected chi connectivity index (χ1v) is 6.60. The number of carbonyl (C=O) groups is 2. The van der Waals surface area contributed by atoms with Gasteiger partial charge in [-0.1, -0.05) is 11.8 Å². The Labute approximate surface area is 124 Å². The number of ether oxygens (including phenoxy) is 1. The summed E-state index contributed by atoms with van der Waals surface area (Å²) in [5.41, 5.74) is 1.33. The third-order valence-corrected chi connectivity index (χ3v) is 2.83. The molecule has 0 spiro atoms. The van der Waals surface area contributed by atoms with Crippen LogP contribution in [0.5, 0.6) is 0 Å².